The number of hydrogen-bond donors (Lipinski definition) is 1. The Hall–Kier alpha value is -0.850. The van der Waals surface area contributed by atoms with Crippen molar-refractivity contribution in [3.8, 4) is 0 Å². The third-order valence-corrected chi connectivity index (χ3v) is 5.49. The Labute approximate surface area is 121 Å². The zero-order chi connectivity index (χ0) is 14.8. The molecule has 0 spiro atoms. The van der Waals surface area contributed by atoms with Gasteiger partial charge in [0.2, 0.25) is 5.09 Å². The summed E-state index contributed by atoms with van der Waals surface area (Å²) >= 11 is 0. The smallest absolute Gasteiger partial charge is 0.276 e. The van der Waals surface area contributed by atoms with Crippen LogP contribution >= 0.6 is 0 Å². The predicted octanol–water partition coefficient (Wildman–Crippen LogP) is 2.06. The van der Waals surface area contributed by atoms with Crippen molar-refractivity contribution in [2.45, 2.75) is 38.3 Å². The minimum Gasteiger partial charge on any atom is -0.447 e. The van der Waals surface area contributed by atoms with Crippen LogP contribution in [0.4, 0.5) is 0 Å². The summed E-state index contributed by atoms with van der Waals surface area (Å²) in [6.07, 6.45) is 2.15. The van der Waals surface area contributed by atoms with Crippen LogP contribution in [-0.2, 0) is 16.6 Å². The standard InChI is InChI=1S/C14H24N2O3S/c1-4-7-15-9-13-5-6-14(19-13)20(17,18)16(3)10-12-8-11(12)2/h5-6,11-12,15H,4,7-10H2,1-3H3. The van der Waals surface area contributed by atoms with Crippen LogP contribution in [0.25, 0.3) is 0 Å². The highest BCUT2D eigenvalue weighted by Gasteiger charge is 2.36. The number of nitrogens with zero attached hydrogens (tertiary/aromatic N) is 1. The molecule has 1 N–H and O–H groups in total. The predicted molar refractivity (Wildman–Crippen MR) is 77.8 cm³/mol. The van der Waals surface area contributed by atoms with Crippen molar-refractivity contribution in [1.29, 1.82) is 0 Å². The Morgan fingerprint density at radius 1 is 1.45 bits per heavy atom. The van der Waals surface area contributed by atoms with Gasteiger partial charge in [0.05, 0.1) is 6.54 Å². The van der Waals surface area contributed by atoms with E-state index in [1.165, 1.54) is 4.31 Å². The average molecular weight is 300 g/mol. The molecule has 0 bridgehead atoms. The van der Waals surface area contributed by atoms with E-state index in [-0.39, 0.29) is 5.09 Å². The van der Waals surface area contributed by atoms with Gasteiger partial charge in [0.15, 0.2) is 0 Å². The Kier molecular flexibility index (Phi) is 4.88. The van der Waals surface area contributed by atoms with Gasteiger partial charge in [0.25, 0.3) is 10.0 Å². The first-order chi connectivity index (χ1) is 9.45. The molecule has 1 aliphatic carbocycles. The molecule has 1 fully saturated rings. The number of rotatable bonds is 8. The van der Waals surface area contributed by atoms with Gasteiger partial charge < -0.3 is 9.73 Å². The van der Waals surface area contributed by atoms with Crippen LogP contribution in [0.2, 0.25) is 0 Å². The summed E-state index contributed by atoms with van der Waals surface area (Å²) in [6, 6.07) is 3.27. The molecule has 1 aliphatic rings. The summed E-state index contributed by atoms with van der Waals surface area (Å²) in [6.45, 7) is 6.26. The molecule has 1 aromatic rings. The second-order valence-electron chi connectivity index (χ2n) is 5.66. The molecule has 0 aromatic carbocycles. The van der Waals surface area contributed by atoms with Gasteiger partial charge in [0.1, 0.15) is 5.76 Å². The Bertz CT molecular complexity index is 538. The zero-order valence-corrected chi connectivity index (χ0v) is 13.2. The summed E-state index contributed by atoms with van der Waals surface area (Å²) < 4.78 is 31.6. The normalized spacial score (nSPS) is 22.4. The first-order valence-electron chi connectivity index (χ1n) is 7.21. The topological polar surface area (TPSA) is 62.6 Å². The molecular formula is C14H24N2O3S. The second-order valence-corrected chi connectivity index (χ2v) is 7.63. The summed E-state index contributed by atoms with van der Waals surface area (Å²) in [7, 11) is -1.87. The highest BCUT2D eigenvalue weighted by atomic mass is 32.2. The third kappa shape index (κ3) is 3.62. The molecule has 0 radical (unpaired) electrons. The van der Waals surface area contributed by atoms with Gasteiger partial charge in [0, 0.05) is 13.6 Å². The molecule has 6 heteroatoms. The highest BCUT2D eigenvalue weighted by molar-refractivity contribution is 7.89. The van der Waals surface area contributed by atoms with Crippen LogP contribution in [0, 0.1) is 11.8 Å². The number of nitrogens with one attached hydrogen (secondary N) is 1. The van der Waals surface area contributed by atoms with Gasteiger partial charge >= 0.3 is 0 Å². The highest BCUT2D eigenvalue weighted by Crippen LogP contribution is 2.38. The Balaban J connectivity index is 1.98. The largest absolute Gasteiger partial charge is 0.447 e. The first-order valence-corrected chi connectivity index (χ1v) is 8.65. The maximum atomic E-state index is 12.4. The second kappa shape index (κ2) is 6.28. The molecule has 114 valence electrons. The molecule has 2 atom stereocenters. The molecule has 5 nitrogen and oxygen atoms in total. The fourth-order valence-corrected chi connectivity index (χ4v) is 3.36. The summed E-state index contributed by atoms with van der Waals surface area (Å²) in [5.41, 5.74) is 0. The van der Waals surface area contributed by atoms with E-state index in [1.54, 1.807) is 19.2 Å². The van der Waals surface area contributed by atoms with Gasteiger partial charge in [-0.2, -0.15) is 4.31 Å². The van der Waals surface area contributed by atoms with E-state index in [2.05, 4.69) is 19.2 Å². The lowest BCUT2D eigenvalue weighted by atomic mass is 10.3. The molecule has 0 aliphatic heterocycles. The summed E-state index contributed by atoms with van der Waals surface area (Å²) in [4.78, 5) is 0. The number of hydrogen-bond acceptors (Lipinski definition) is 4. The lowest BCUT2D eigenvalue weighted by Crippen LogP contribution is -2.29. The summed E-state index contributed by atoms with van der Waals surface area (Å²) in [5, 5.41) is 3.23. The van der Waals surface area contributed by atoms with E-state index in [9.17, 15) is 8.42 Å². The van der Waals surface area contributed by atoms with E-state index >= 15 is 0 Å². The Morgan fingerprint density at radius 3 is 2.75 bits per heavy atom. The van der Waals surface area contributed by atoms with Crippen molar-refractivity contribution in [1.82, 2.24) is 9.62 Å². The van der Waals surface area contributed by atoms with Crippen molar-refractivity contribution in [2.75, 3.05) is 20.1 Å². The van der Waals surface area contributed by atoms with Crippen molar-refractivity contribution in [3.63, 3.8) is 0 Å². The molecule has 1 saturated carbocycles. The van der Waals surface area contributed by atoms with Gasteiger partial charge in [-0.3, -0.25) is 0 Å². The fraction of sp³-hybridized carbons (Fsp3) is 0.714. The monoisotopic (exact) mass is 300 g/mol. The lowest BCUT2D eigenvalue weighted by molar-refractivity contribution is 0.375. The minimum atomic E-state index is -3.49. The molecule has 1 aromatic heterocycles. The van der Waals surface area contributed by atoms with Crippen molar-refractivity contribution in [3.05, 3.63) is 17.9 Å². The van der Waals surface area contributed by atoms with E-state index < -0.39 is 10.0 Å². The number of furan rings is 1. The summed E-state index contributed by atoms with van der Waals surface area (Å²) in [5.74, 6) is 1.79. The van der Waals surface area contributed by atoms with E-state index in [1.807, 2.05) is 0 Å². The molecule has 1 heterocycles. The fourth-order valence-electron chi connectivity index (χ4n) is 2.22. The van der Waals surface area contributed by atoms with Crippen LogP contribution in [0.3, 0.4) is 0 Å². The van der Waals surface area contributed by atoms with Gasteiger partial charge in [-0.1, -0.05) is 13.8 Å². The maximum absolute atomic E-state index is 12.4. The van der Waals surface area contributed by atoms with Crippen LogP contribution < -0.4 is 5.32 Å². The quantitative estimate of drug-likeness (QED) is 0.746. The van der Waals surface area contributed by atoms with Crippen LogP contribution in [0.5, 0.6) is 0 Å². The molecule has 2 rings (SSSR count). The van der Waals surface area contributed by atoms with Crippen LogP contribution in [-0.4, -0.2) is 32.9 Å². The van der Waals surface area contributed by atoms with Gasteiger partial charge in [-0.25, -0.2) is 8.42 Å². The lowest BCUT2D eigenvalue weighted by Gasteiger charge is -2.15. The Morgan fingerprint density at radius 2 is 2.15 bits per heavy atom. The van der Waals surface area contributed by atoms with Crippen LogP contribution in [0.15, 0.2) is 21.6 Å². The van der Waals surface area contributed by atoms with E-state index in [0.29, 0.717) is 30.7 Å². The van der Waals surface area contributed by atoms with Crippen molar-refractivity contribution < 1.29 is 12.8 Å². The van der Waals surface area contributed by atoms with E-state index in [4.69, 9.17) is 4.42 Å². The van der Waals surface area contributed by atoms with Gasteiger partial charge in [-0.05, 0) is 43.4 Å². The first kappa shape index (κ1) is 15.5. The molecule has 0 amide bonds. The third-order valence-electron chi connectivity index (χ3n) is 3.80. The molecule has 2 unspecified atom stereocenters. The van der Waals surface area contributed by atoms with Crippen molar-refractivity contribution in [2.24, 2.45) is 11.8 Å². The zero-order valence-electron chi connectivity index (χ0n) is 12.4. The van der Waals surface area contributed by atoms with Gasteiger partial charge in [-0.15, -0.1) is 0 Å². The van der Waals surface area contributed by atoms with Crippen LogP contribution in [0.1, 0.15) is 32.4 Å². The minimum absolute atomic E-state index is 0.0431. The van der Waals surface area contributed by atoms with Crippen molar-refractivity contribution >= 4 is 10.0 Å². The average Bonchev–Trinajstić information content (AvgIpc) is 2.91. The molecular weight excluding hydrogens is 276 g/mol. The molecule has 20 heavy (non-hydrogen) atoms. The number of sulfonamides is 1. The maximum Gasteiger partial charge on any atom is 0.276 e. The SMILES string of the molecule is CCCNCc1ccc(S(=O)(=O)N(C)CC2CC2C)o1. The van der Waals surface area contributed by atoms with E-state index in [0.717, 1.165) is 19.4 Å². The molecule has 0 saturated heterocycles.